The highest BCUT2D eigenvalue weighted by atomic mass is 32.1. The summed E-state index contributed by atoms with van der Waals surface area (Å²) in [4.78, 5) is 9.94. The first-order valence-corrected chi connectivity index (χ1v) is 6.25. The molecule has 0 amide bonds. The highest BCUT2D eigenvalue weighted by Crippen LogP contribution is 2.30. The number of furan rings is 1. The molecule has 0 aromatic carbocycles. The molecule has 0 bridgehead atoms. The van der Waals surface area contributed by atoms with Gasteiger partial charge >= 0.3 is 5.88 Å². The second-order valence-corrected chi connectivity index (χ2v) is 4.63. The van der Waals surface area contributed by atoms with Crippen molar-refractivity contribution in [2.24, 2.45) is 0 Å². The van der Waals surface area contributed by atoms with Crippen molar-refractivity contribution in [1.29, 1.82) is 0 Å². The largest absolute Gasteiger partial charge is 0.433 e. The van der Waals surface area contributed by atoms with Crippen LogP contribution in [0.1, 0.15) is 24.9 Å². The van der Waals surface area contributed by atoms with Crippen LogP contribution in [0.3, 0.4) is 0 Å². The average Bonchev–Trinajstić information content (AvgIpc) is 2.98. The summed E-state index contributed by atoms with van der Waals surface area (Å²) in [6.45, 7) is 4.83. The molecule has 0 radical (unpaired) electrons. The Labute approximate surface area is 107 Å². The van der Waals surface area contributed by atoms with Crippen molar-refractivity contribution in [1.82, 2.24) is 15.5 Å². The highest BCUT2D eigenvalue weighted by molar-refractivity contribution is 7.14. The summed E-state index contributed by atoms with van der Waals surface area (Å²) in [5, 5.41) is 23.1. The van der Waals surface area contributed by atoms with Gasteiger partial charge in [0.1, 0.15) is 9.93 Å². The maximum Gasteiger partial charge on any atom is 0.433 e. The van der Waals surface area contributed by atoms with E-state index in [2.05, 4.69) is 15.5 Å². The van der Waals surface area contributed by atoms with Crippen LogP contribution in [0.25, 0.3) is 10.8 Å². The standard InChI is InChI=1S/C10H12N4O3S/c1-3-11-6(2)9-12-13-10(18-9)7-4-5-8(17-7)14(15)16/h4-6,11H,3H2,1-2H3. The van der Waals surface area contributed by atoms with Crippen LogP contribution in [0.2, 0.25) is 0 Å². The summed E-state index contributed by atoms with van der Waals surface area (Å²) < 4.78 is 5.07. The number of nitrogens with one attached hydrogen (secondary N) is 1. The molecule has 2 rings (SSSR count). The molecule has 96 valence electrons. The van der Waals surface area contributed by atoms with Gasteiger partial charge in [-0.2, -0.15) is 0 Å². The molecule has 0 spiro atoms. The summed E-state index contributed by atoms with van der Waals surface area (Å²) in [7, 11) is 0. The molecule has 18 heavy (non-hydrogen) atoms. The maximum absolute atomic E-state index is 10.5. The van der Waals surface area contributed by atoms with Gasteiger partial charge in [-0.3, -0.25) is 10.1 Å². The van der Waals surface area contributed by atoms with E-state index in [0.717, 1.165) is 11.6 Å². The lowest BCUT2D eigenvalue weighted by molar-refractivity contribution is -0.401. The Bertz CT molecular complexity index is 551. The Morgan fingerprint density at radius 2 is 2.33 bits per heavy atom. The van der Waals surface area contributed by atoms with Gasteiger partial charge in [0.2, 0.25) is 0 Å². The molecule has 1 N–H and O–H groups in total. The molecule has 0 aliphatic heterocycles. The Kier molecular flexibility index (Phi) is 3.68. The lowest BCUT2D eigenvalue weighted by Crippen LogP contribution is -2.17. The SMILES string of the molecule is CCNC(C)c1nnc(-c2ccc([N+](=O)[O-])o2)s1. The summed E-state index contributed by atoms with van der Waals surface area (Å²) >= 11 is 1.36. The summed E-state index contributed by atoms with van der Waals surface area (Å²) in [6, 6.07) is 2.94. The fourth-order valence-corrected chi connectivity index (χ4v) is 2.28. The summed E-state index contributed by atoms with van der Waals surface area (Å²) in [6.07, 6.45) is 0. The van der Waals surface area contributed by atoms with Gasteiger partial charge < -0.3 is 9.73 Å². The molecule has 7 nitrogen and oxygen atoms in total. The van der Waals surface area contributed by atoms with Crippen LogP contribution in [-0.2, 0) is 0 Å². The molecule has 1 unspecified atom stereocenters. The number of rotatable bonds is 5. The molecule has 1 atom stereocenters. The third-order valence-corrected chi connectivity index (χ3v) is 3.42. The molecular weight excluding hydrogens is 256 g/mol. The number of nitro groups is 1. The number of hydrogen-bond donors (Lipinski definition) is 1. The van der Waals surface area contributed by atoms with E-state index in [1.54, 1.807) is 0 Å². The number of nitrogens with zero attached hydrogens (tertiary/aromatic N) is 3. The predicted molar refractivity (Wildman–Crippen MR) is 66.4 cm³/mol. The molecular formula is C10H12N4O3S. The van der Waals surface area contributed by atoms with Crippen LogP contribution in [0.4, 0.5) is 5.88 Å². The molecule has 2 aromatic heterocycles. The Balaban J connectivity index is 2.20. The average molecular weight is 268 g/mol. The van der Waals surface area contributed by atoms with Crippen molar-refractivity contribution in [3.05, 3.63) is 27.3 Å². The fourth-order valence-electron chi connectivity index (χ4n) is 1.44. The maximum atomic E-state index is 10.5. The lowest BCUT2D eigenvalue weighted by Gasteiger charge is -2.06. The van der Waals surface area contributed by atoms with E-state index in [0.29, 0.717) is 10.8 Å². The van der Waals surface area contributed by atoms with Crippen molar-refractivity contribution in [3.63, 3.8) is 0 Å². The van der Waals surface area contributed by atoms with Gasteiger partial charge in [-0.05, 0) is 19.5 Å². The third-order valence-electron chi connectivity index (χ3n) is 2.30. The van der Waals surface area contributed by atoms with Crippen LogP contribution in [0.5, 0.6) is 0 Å². The minimum absolute atomic E-state index is 0.103. The van der Waals surface area contributed by atoms with Gasteiger partial charge in [0.05, 0.1) is 12.1 Å². The number of hydrogen-bond acceptors (Lipinski definition) is 7. The summed E-state index contributed by atoms with van der Waals surface area (Å²) in [5.74, 6) is 0.0793. The molecule has 0 fully saturated rings. The van der Waals surface area contributed by atoms with E-state index in [-0.39, 0.29) is 11.9 Å². The van der Waals surface area contributed by atoms with Gasteiger partial charge in [0.25, 0.3) is 0 Å². The molecule has 8 heteroatoms. The minimum Gasteiger partial charge on any atom is -0.398 e. The van der Waals surface area contributed by atoms with E-state index in [1.165, 1.54) is 23.5 Å². The Morgan fingerprint density at radius 1 is 1.56 bits per heavy atom. The molecule has 2 heterocycles. The smallest absolute Gasteiger partial charge is 0.398 e. The van der Waals surface area contributed by atoms with Crippen molar-refractivity contribution in [3.8, 4) is 10.8 Å². The normalized spacial score (nSPS) is 12.6. The minimum atomic E-state index is -0.577. The molecule has 0 aliphatic carbocycles. The molecule has 0 saturated carbocycles. The quantitative estimate of drug-likeness (QED) is 0.660. The summed E-state index contributed by atoms with van der Waals surface area (Å²) in [5.41, 5.74) is 0. The predicted octanol–water partition coefficient (Wildman–Crippen LogP) is 2.38. The second-order valence-electron chi connectivity index (χ2n) is 3.62. The zero-order valence-electron chi connectivity index (χ0n) is 9.91. The first-order chi connectivity index (χ1) is 8.61. The van der Waals surface area contributed by atoms with Gasteiger partial charge in [-0.1, -0.05) is 18.3 Å². The molecule has 2 aromatic rings. The van der Waals surface area contributed by atoms with Crippen LogP contribution >= 0.6 is 11.3 Å². The van der Waals surface area contributed by atoms with Crippen LogP contribution in [0, 0.1) is 10.1 Å². The Morgan fingerprint density at radius 3 is 2.94 bits per heavy atom. The van der Waals surface area contributed by atoms with Gasteiger partial charge in [0, 0.05) is 0 Å². The first-order valence-electron chi connectivity index (χ1n) is 5.43. The second kappa shape index (κ2) is 5.23. The van der Waals surface area contributed by atoms with Crippen LogP contribution in [-0.4, -0.2) is 21.7 Å². The number of aromatic nitrogens is 2. The van der Waals surface area contributed by atoms with Crippen molar-refractivity contribution in [2.45, 2.75) is 19.9 Å². The highest BCUT2D eigenvalue weighted by Gasteiger charge is 2.18. The third kappa shape index (κ3) is 2.54. The lowest BCUT2D eigenvalue weighted by atomic mass is 10.3. The molecule has 0 saturated heterocycles. The van der Waals surface area contributed by atoms with E-state index in [4.69, 9.17) is 4.42 Å². The van der Waals surface area contributed by atoms with E-state index in [1.807, 2.05) is 13.8 Å². The molecule has 0 aliphatic rings. The fraction of sp³-hybridized carbons (Fsp3) is 0.400. The van der Waals surface area contributed by atoms with Crippen LogP contribution < -0.4 is 5.32 Å². The zero-order chi connectivity index (χ0) is 13.1. The van der Waals surface area contributed by atoms with E-state index in [9.17, 15) is 10.1 Å². The topological polar surface area (TPSA) is 94.1 Å². The van der Waals surface area contributed by atoms with Crippen LogP contribution in [0.15, 0.2) is 16.5 Å². The monoisotopic (exact) mass is 268 g/mol. The zero-order valence-corrected chi connectivity index (χ0v) is 10.7. The van der Waals surface area contributed by atoms with Gasteiger partial charge in [-0.15, -0.1) is 10.2 Å². The van der Waals surface area contributed by atoms with Gasteiger partial charge in [-0.25, -0.2) is 0 Å². The van der Waals surface area contributed by atoms with Gasteiger partial charge in [0.15, 0.2) is 10.8 Å². The van der Waals surface area contributed by atoms with E-state index < -0.39 is 4.92 Å². The van der Waals surface area contributed by atoms with Crippen molar-refractivity contribution < 1.29 is 9.34 Å². The van der Waals surface area contributed by atoms with Crippen molar-refractivity contribution >= 4 is 17.2 Å². The van der Waals surface area contributed by atoms with Crippen molar-refractivity contribution in [2.75, 3.05) is 6.54 Å². The first kappa shape index (κ1) is 12.7. The van der Waals surface area contributed by atoms with E-state index >= 15 is 0 Å². The Hall–Kier alpha value is -1.80.